The van der Waals surface area contributed by atoms with Gasteiger partial charge >= 0.3 is 0 Å². The predicted octanol–water partition coefficient (Wildman–Crippen LogP) is 4.74. The molecule has 3 nitrogen and oxygen atoms in total. The second kappa shape index (κ2) is 6.49. The summed E-state index contributed by atoms with van der Waals surface area (Å²) in [5.41, 5.74) is 5.85. The Kier molecular flexibility index (Phi) is 4.38. The van der Waals surface area contributed by atoms with Crippen molar-refractivity contribution in [3.8, 4) is 0 Å². The minimum atomic E-state index is 0.0956. The predicted molar refractivity (Wildman–Crippen MR) is 112 cm³/mol. The largest absolute Gasteiger partial charge is 0.306 e. The van der Waals surface area contributed by atoms with Gasteiger partial charge in [0.05, 0.1) is 0 Å². The van der Waals surface area contributed by atoms with Crippen LogP contribution in [0.3, 0.4) is 0 Å². The number of amides is 1. The number of likely N-dealkylation sites (tertiary alicyclic amines) is 1. The number of hydrogen-bond acceptors (Lipinski definition) is 2. The Labute approximate surface area is 163 Å². The van der Waals surface area contributed by atoms with E-state index in [2.05, 4.69) is 74.9 Å². The van der Waals surface area contributed by atoms with Gasteiger partial charge in [0.1, 0.15) is 0 Å². The van der Waals surface area contributed by atoms with E-state index in [1.807, 2.05) is 12.1 Å². The summed E-state index contributed by atoms with van der Waals surface area (Å²) in [6, 6.07) is 15.0. The van der Waals surface area contributed by atoms with Gasteiger partial charge in [0.25, 0.3) is 5.91 Å². The van der Waals surface area contributed by atoms with Crippen LogP contribution in [0.15, 0.2) is 42.5 Å². The Hall–Kier alpha value is -2.13. The number of nitrogens with zero attached hydrogens (tertiary/aromatic N) is 2. The summed E-state index contributed by atoms with van der Waals surface area (Å²) in [5.74, 6) is 0.550. The van der Waals surface area contributed by atoms with Crippen LogP contribution < -0.4 is 4.90 Å². The monoisotopic (exact) mass is 362 g/mol. The van der Waals surface area contributed by atoms with Gasteiger partial charge in [-0.2, -0.15) is 0 Å². The summed E-state index contributed by atoms with van der Waals surface area (Å²) in [7, 11) is 2.18. The van der Waals surface area contributed by atoms with E-state index in [0.717, 1.165) is 30.8 Å². The van der Waals surface area contributed by atoms with Gasteiger partial charge in [-0.05, 0) is 61.7 Å². The molecular weight excluding hydrogens is 332 g/mol. The third-order valence-corrected chi connectivity index (χ3v) is 6.17. The molecule has 1 fully saturated rings. The van der Waals surface area contributed by atoms with Gasteiger partial charge in [-0.25, -0.2) is 0 Å². The fourth-order valence-electron chi connectivity index (χ4n) is 4.60. The lowest BCUT2D eigenvalue weighted by Gasteiger charge is -2.36. The number of anilines is 1. The van der Waals surface area contributed by atoms with Crippen LogP contribution in [0, 0.1) is 6.92 Å². The molecule has 2 aromatic rings. The molecule has 0 N–H and O–H groups in total. The summed E-state index contributed by atoms with van der Waals surface area (Å²) in [6.45, 7) is 10.8. The van der Waals surface area contributed by atoms with Gasteiger partial charge in [0, 0.05) is 29.8 Å². The number of fused-ring (bicyclic) bond motifs is 3. The normalized spacial score (nSPS) is 22.5. The van der Waals surface area contributed by atoms with Crippen LogP contribution in [0.2, 0.25) is 0 Å². The highest BCUT2D eigenvalue weighted by Gasteiger charge is 2.44. The van der Waals surface area contributed by atoms with Gasteiger partial charge < -0.3 is 9.80 Å². The van der Waals surface area contributed by atoms with Crippen molar-refractivity contribution in [3.63, 3.8) is 0 Å². The van der Waals surface area contributed by atoms with E-state index in [1.54, 1.807) is 0 Å². The lowest BCUT2D eigenvalue weighted by atomic mass is 9.86. The van der Waals surface area contributed by atoms with Crippen LogP contribution in [0.25, 0.3) is 0 Å². The summed E-state index contributed by atoms with van der Waals surface area (Å²) in [4.78, 5) is 18.0. The summed E-state index contributed by atoms with van der Waals surface area (Å²) < 4.78 is 0. The molecule has 0 radical (unpaired) electrons. The van der Waals surface area contributed by atoms with Crippen LogP contribution in [0.5, 0.6) is 0 Å². The number of hydrogen-bond donors (Lipinski definition) is 0. The van der Waals surface area contributed by atoms with E-state index >= 15 is 0 Å². The minimum Gasteiger partial charge on any atom is -0.306 e. The summed E-state index contributed by atoms with van der Waals surface area (Å²) in [6.07, 6.45) is 1.03. The fraction of sp³-hybridized carbons (Fsp3) is 0.458. The molecule has 0 aromatic heterocycles. The van der Waals surface area contributed by atoms with Crippen molar-refractivity contribution >= 4 is 11.6 Å². The van der Waals surface area contributed by atoms with E-state index in [4.69, 9.17) is 0 Å². The van der Waals surface area contributed by atoms with Crippen LogP contribution in [0.1, 0.15) is 60.2 Å². The Morgan fingerprint density at radius 3 is 2.44 bits per heavy atom. The molecule has 3 heteroatoms. The average molecular weight is 363 g/mol. The van der Waals surface area contributed by atoms with Crippen molar-refractivity contribution in [2.75, 3.05) is 25.0 Å². The lowest BCUT2D eigenvalue weighted by Crippen LogP contribution is -2.47. The van der Waals surface area contributed by atoms with Gasteiger partial charge in [-0.3, -0.25) is 4.79 Å². The molecule has 2 aliphatic heterocycles. The number of benzene rings is 2. The first kappa shape index (κ1) is 18.2. The van der Waals surface area contributed by atoms with E-state index in [9.17, 15) is 4.79 Å². The molecule has 27 heavy (non-hydrogen) atoms. The Morgan fingerprint density at radius 1 is 1.07 bits per heavy atom. The third kappa shape index (κ3) is 3.19. The zero-order chi connectivity index (χ0) is 19.3. The van der Waals surface area contributed by atoms with Gasteiger partial charge in [-0.15, -0.1) is 0 Å². The van der Waals surface area contributed by atoms with Crippen molar-refractivity contribution in [3.05, 3.63) is 64.7 Å². The minimum absolute atomic E-state index is 0.0956. The standard InChI is InChI=1S/C24H30N2O/c1-16-6-11-21-19(14-16)20-15-25(5)13-12-22(20)26(21)23(27)17-7-9-18(10-8-17)24(2,3)4/h6-11,14,20,22H,12-13,15H2,1-5H3/t20-,22-/m0/s1. The summed E-state index contributed by atoms with van der Waals surface area (Å²) in [5, 5.41) is 0. The quantitative estimate of drug-likeness (QED) is 0.731. The molecule has 4 rings (SSSR count). The van der Waals surface area contributed by atoms with Crippen molar-refractivity contribution < 1.29 is 4.79 Å². The van der Waals surface area contributed by atoms with E-state index < -0.39 is 0 Å². The zero-order valence-corrected chi connectivity index (χ0v) is 17.1. The molecular formula is C24H30N2O. The van der Waals surface area contributed by atoms with Crippen molar-refractivity contribution in [1.29, 1.82) is 0 Å². The maximum Gasteiger partial charge on any atom is 0.258 e. The van der Waals surface area contributed by atoms with E-state index in [1.165, 1.54) is 16.7 Å². The zero-order valence-electron chi connectivity index (χ0n) is 17.1. The number of rotatable bonds is 1. The average Bonchev–Trinajstić information content (AvgIpc) is 2.93. The molecule has 2 atom stereocenters. The highest BCUT2D eigenvalue weighted by Crippen LogP contribution is 2.45. The molecule has 2 heterocycles. The Balaban J connectivity index is 1.71. The first-order chi connectivity index (χ1) is 12.8. The molecule has 0 saturated carbocycles. The molecule has 0 spiro atoms. The molecule has 1 amide bonds. The van der Waals surface area contributed by atoms with Gasteiger partial charge in [0.15, 0.2) is 0 Å². The Bertz CT molecular complexity index is 863. The Morgan fingerprint density at radius 2 is 1.78 bits per heavy atom. The van der Waals surface area contributed by atoms with Gasteiger partial charge in [-0.1, -0.05) is 50.6 Å². The maximum atomic E-state index is 13.5. The van der Waals surface area contributed by atoms with Crippen molar-refractivity contribution in [2.45, 2.75) is 51.5 Å². The second-order valence-electron chi connectivity index (χ2n) is 9.29. The molecule has 142 valence electrons. The van der Waals surface area contributed by atoms with E-state index in [0.29, 0.717) is 5.92 Å². The highest BCUT2D eigenvalue weighted by atomic mass is 16.2. The first-order valence-electron chi connectivity index (χ1n) is 9.99. The smallest absolute Gasteiger partial charge is 0.258 e. The number of carbonyl (C=O) groups is 1. The van der Waals surface area contributed by atoms with E-state index in [-0.39, 0.29) is 17.4 Å². The second-order valence-corrected chi connectivity index (χ2v) is 9.29. The molecule has 2 aromatic carbocycles. The third-order valence-electron chi connectivity index (χ3n) is 6.17. The van der Waals surface area contributed by atoms with Crippen LogP contribution in [0.4, 0.5) is 5.69 Å². The highest BCUT2D eigenvalue weighted by molar-refractivity contribution is 6.08. The number of likely N-dealkylation sites (N-methyl/N-ethyl adjacent to an activating group) is 1. The van der Waals surface area contributed by atoms with Crippen LogP contribution >= 0.6 is 0 Å². The summed E-state index contributed by atoms with van der Waals surface area (Å²) >= 11 is 0. The van der Waals surface area contributed by atoms with Crippen LogP contribution in [-0.2, 0) is 5.41 Å². The SMILES string of the molecule is Cc1ccc2c(c1)[C@@H]1CN(C)CC[C@@H]1N2C(=O)c1ccc(C(C)(C)C)cc1. The lowest BCUT2D eigenvalue weighted by molar-refractivity contribution is 0.0964. The van der Waals surface area contributed by atoms with Crippen molar-refractivity contribution in [1.82, 2.24) is 4.90 Å². The fourth-order valence-corrected chi connectivity index (χ4v) is 4.60. The molecule has 0 bridgehead atoms. The van der Waals surface area contributed by atoms with Crippen molar-refractivity contribution in [2.24, 2.45) is 0 Å². The van der Waals surface area contributed by atoms with Crippen LogP contribution in [-0.4, -0.2) is 37.0 Å². The maximum absolute atomic E-state index is 13.5. The number of piperidine rings is 1. The first-order valence-corrected chi connectivity index (χ1v) is 9.99. The number of aryl methyl sites for hydroxylation is 1. The van der Waals surface area contributed by atoms with Gasteiger partial charge in [0.2, 0.25) is 0 Å². The topological polar surface area (TPSA) is 23.6 Å². The molecule has 0 unspecified atom stereocenters. The molecule has 0 aliphatic carbocycles. The molecule has 2 aliphatic rings. The molecule has 1 saturated heterocycles. The number of carbonyl (C=O) groups excluding carboxylic acids is 1.